The van der Waals surface area contributed by atoms with Crippen LogP contribution in [-0.4, -0.2) is 9.97 Å². The molecule has 0 atom stereocenters. The highest BCUT2D eigenvalue weighted by Gasteiger charge is 2.15. The van der Waals surface area contributed by atoms with Gasteiger partial charge in [-0.15, -0.1) is 0 Å². The molecule has 0 aliphatic carbocycles. The number of benzene rings is 2. The van der Waals surface area contributed by atoms with Crippen molar-refractivity contribution in [3.05, 3.63) is 71.3 Å². The van der Waals surface area contributed by atoms with Crippen LogP contribution in [0.25, 0.3) is 22.5 Å². The standard InChI is InChI=1S/C20H17F3N2/c1-3-4-13-6-7-14(9-17(13)21)15-10-24-20(25-11-15)16-8-5-12(2)18(22)19(16)23/h5-11H,3-4H2,1-2H3. The summed E-state index contributed by atoms with van der Waals surface area (Å²) in [6.45, 7) is 3.48. The van der Waals surface area contributed by atoms with Crippen LogP contribution in [0.3, 0.4) is 0 Å². The average Bonchev–Trinajstić information content (AvgIpc) is 2.62. The summed E-state index contributed by atoms with van der Waals surface area (Å²) in [5.41, 5.74) is 2.14. The average molecular weight is 342 g/mol. The van der Waals surface area contributed by atoms with Crippen LogP contribution in [0.5, 0.6) is 0 Å². The lowest BCUT2D eigenvalue weighted by Gasteiger charge is -2.07. The van der Waals surface area contributed by atoms with E-state index in [0.717, 1.165) is 6.42 Å². The van der Waals surface area contributed by atoms with Crippen molar-refractivity contribution < 1.29 is 13.2 Å². The fraction of sp³-hybridized carbons (Fsp3) is 0.200. The highest BCUT2D eigenvalue weighted by molar-refractivity contribution is 5.64. The number of aryl methyl sites for hydroxylation is 2. The van der Waals surface area contributed by atoms with E-state index in [1.807, 2.05) is 6.92 Å². The number of aromatic nitrogens is 2. The summed E-state index contributed by atoms with van der Waals surface area (Å²) in [7, 11) is 0. The third kappa shape index (κ3) is 3.40. The summed E-state index contributed by atoms with van der Waals surface area (Å²) in [4.78, 5) is 8.21. The summed E-state index contributed by atoms with van der Waals surface area (Å²) in [6.07, 6.45) is 4.51. The Morgan fingerprint density at radius 2 is 1.60 bits per heavy atom. The maximum atomic E-state index is 14.1. The van der Waals surface area contributed by atoms with E-state index in [1.54, 1.807) is 12.1 Å². The first kappa shape index (κ1) is 17.1. The van der Waals surface area contributed by atoms with E-state index >= 15 is 0 Å². The lowest BCUT2D eigenvalue weighted by Crippen LogP contribution is -1.97. The molecule has 0 bridgehead atoms. The highest BCUT2D eigenvalue weighted by Crippen LogP contribution is 2.26. The van der Waals surface area contributed by atoms with Crippen molar-refractivity contribution in [2.45, 2.75) is 26.7 Å². The van der Waals surface area contributed by atoms with E-state index in [-0.39, 0.29) is 22.8 Å². The largest absolute Gasteiger partial charge is 0.236 e. The summed E-state index contributed by atoms with van der Waals surface area (Å²) >= 11 is 0. The second-order valence-corrected chi connectivity index (χ2v) is 5.91. The Labute approximate surface area is 144 Å². The van der Waals surface area contributed by atoms with E-state index in [4.69, 9.17) is 0 Å². The maximum Gasteiger partial charge on any atom is 0.170 e. The fourth-order valence-electron chi connectivity index (χ4n) is 2.63. The Morgan fingerprint density at radius 3 is 2.24 bits per heavy atom. The third-order valence-electron chi connectivity index (χ3n) is 4.07. The molecule has 1 heterocycles. The first-order valence-corrected chi connectivity index (χ1v) is 8.07. The molecule has 0 N–H and O–H groups in total. The second kappa shape index (κ2) is 7.05. The minimum absolute atomic E-state index is 0.000811. The minimum atomic E-state index is -0.970. The van der Waals surface area contributed by atoms with Gasteiger partial charge in [-0.05, 0) is 42.2 Å². The molecule has 0 aliphatic heterocycles. The highest BCUT2D eigenvalue weighted by atomic mass is 19.2. The van der Waals surface area contributed by atoms with E-state index in [1.165, 1.54) is 37.5 Å². The molecule has 5 heteroatoms. The molecule has 1 aromatic heterocycles. The zero-order chi connectivity index (χ0) is 18.0. The van der Waals surface area contributed by atoms with Crippen molar-refractivity contribution in [1.29, 1.82) is 0 Å². The Hall–Kier alpha value is -2.69. The van der Waals surface area contributed by atoms with Gasteiger partial charge in [-0.1, -0.05) is 31.5 Å². The molecule has 0 radical (unpaired) electrons. The van der Waals surface area contributed by atoms with Gasteiger partial charge < -0.3 is 0 Å². The number of hydrogen-bond donors (Lipinski definition) is 0. The first-order valence-electron chi connectivity index (χ1n) is 8.07. The predicted octanol–water partition coefficient (Wildman–Crippen LogP) is 5.49. The summed E-state index contributed by atoms with van der Waals surface area (Å²) < 4.78 is 41.8. The van der Waals surface area contributed by atoms with Gasteiger partial charge in [0.25, 0.3) is 0 Å². The molecule has 25 heavy (non-hydrogen) atoms. The molecule has 0 saturated heterocycles. The molecule has 0 unspecified atom stereocenters. The zero-order valence-electron chi connectivity index (χ0n) is 14.0. The Kier molecular flexibility index (Phi) is 4.83. The molecule has 0 fully saturated rings. The van der Waals surface area contributed by atoms with Crippen LogP contribution in [0.2, 0.25) is 0 Å². The molecule has 3 rings (SSSR count). The van der Waals surface area contributed by atoms with Crippen molar-refractivity contribution >= 4 is 0 Å². The maximum absolute atomic E-state index is 14.1. The van der Waals surface area contributed by atoms with Crippen LogP contribution >= 0.6 is 0 Å². The number of nitrogens with zero attached hydrogens (tertiary/aromatic N) is 2. The SMILES string of the molecule is CCCc1ccc(-c2cnc(-c3ccc(C)c(F)c3F)nc2)cc1F. The number of halogens is 3. The van der Waals surface area contributed by atoms with Crippen LogP contribution in [-0.2, 0) is 6.42 Å². The quantitative estimate of drug-likeness (QED) is 0.627. The van der Waals surface area contributed by atoms with Gasteiger partial charge in [-0.3, -0.25) is 0 Å². The molecule has 128 valence electrons. The van der Waals surface area contributed by atoms with Crippen molar-refractivity contribution in [3.63, 3.8) is 0 Å². The minimum Gasteiger partial charge on any atom is -0.236 e. The summed E-state index contributed by atoms with van der Waals surface area (Å²) in [5.74, 6) is -2.06. The lowest BCUT2D eigenvalue weighted by molar-refractivity contribution is 0.505. The normalized spacial score (nSPS) is 10.9. The van der Waals surface area contributed by atoms with Crippen LogP contribution in [0, 0.1) is 24.4 Å². The molecule has 2 aromatic carbocycles. The Morgan fingerprint density at radius 1 is 0.880 bits per heavy atom. The smallest absolute Gasteiger partial charge is 0.170 e. The van der Waals surface area contributed by atoms with Crippen molar-refractivity contribution in [2.24, 2.45) is 0 Å². The second-order valence-electron chi connectivity index (χ2n) is 5.91. The van der Waals surface area contributed by atoms with Crippen LogP contribution < -0.4 is 0 Å². The van der Waals surface area contributed by atoms with Gasteiger partial charge in [-0.2, -0.15) is 0 Å². The van der Waals surface area contributed by atoms with Gasteiger partial charge in [-0.25, -0.2) is 23.1 Å². The summed E-state index contributed by atoms with van der Waals surface area (Å²) in [5, 5.41) is 0. The van der Waals surface area contributed by atoms with Gasteiger partial charge in [0.2, 0.25) is 0 Å². The van der Waals surface area contributed by atoms with Gasteiger partial charge in [0.1, 0.15) is 5.82 Å². The fourth-order valence-corrected chi connectivity index (χ4v) is 2.63. The molecular weight excluding hydrogens is 325 g/mol. The van der Waals surface area contributed by atoms with Gasteiger partial charge in [0, 0.05) is 18.0 Å². The molecule has 0 saturated carbocycles. The van der Waals surface area contributed by atoms with Crippen LogP contribution in [0.4, 0.5) is 13.2 Å². The Bertz CT molecular complexity index is 906. The summed E-state index contributed by atoms with van der Waals surface area (Å²) in [6, 6.07) is 7.92. The van der Waals surface area contributed by atoms with Crippen LogP contribution in [0.15, 0.2) is 42.7 Å². The first-order chi connectivity index (χ1) is 12.0. The van der Waals surface area contributed by atoms with Gasteiger partial charge >= 0.3 is 0 Å². The number of hydrogen-bond acceptors (Lipinski definition) is 2. The molecule has 0 spiro atoms. The predicted molar refractivity (Wildman–Crippen MR) is 91.5 cm³/mol. The van der Waals surface area contributed by atoms with Gasteiger partial charge in [0.15, 0.2) is 17.5 Å². The molecular formula is C20H17F3N2. The van der Waals surface area contributed by atoms with Crippen molar-refractivity contribution in [1.82, 2.24) is 9.97 Å². The zero-order valence-corrected chi connectivity index (χ0v) is 14.0. The molecule has 0 aliphatic rings. The van der Waals surface area contributed by atoms with Crippen molar-refractivity contribution in [3.8, 4) is 22.5 Å². The van der Waals surface area contributed by atoms with Crippen molar-refractivity contribution in [2.75, 3.05) is 0 Å². The molecule has 2 nitrogen and oxygen atoms in total. The van der Waals surface area contributed by atoms with Gasteiger partial charge in [0.05, 0.1) is 5.56 Å². The number of rotatable bonds is 4. The van der Waals surface area contributed by atoms with Crippen LogP contribution in [0.1, 0.15) is 24.5 Å². The topological polar surface area (TPSA) is 25.8 Å². The van der Waals surface area contributed by atoms with E-state index < -0.39 is 11.6 Å². The molecule has 0 amide bonds. The van der Waals surface area contributed by atoms with E-state index in [0.29, 0.717) is 23.1 Å². The molecule has 3 aromatic rings. The van der Waals surface area contributed by atoms with E-state index in [2.05, 4.69) is 9.97 Å². The monoisotopic (exact) mass is 342 g/mol. The lowest BCUT2D eigenvalue weighted by atomic mass is 10.0. The van der Waals surface area contributed by atoms with E-state index in [9.17, 15) is 13.2 Å². The third-order valence-corrected chi connectivity index (χ3v) is 4.07. The Balaban J connectivity index is 1.93.